The summed E-state index contributed by atoms with van der Waals surface area (Å²) in [5.74, 6) is 0.963. The molecule has 2 heterocycles. The van der Waals surface area contributed by atoms with E-state index in [2.05, 4.69) is 27.4 Å². The second-order valence-corrected chi connectivity index (χ2v) is 5.77. The van der Waals surface area contributed by atoms with Crippen molar-refractivity contribution in [3.63, 3.8) is 0 Å². The highest BCUT2D eigenvalue weighted by molar-refractivity contribution is 5.93. The van der Waals surface area contributed by atoms with Crippen LogP contribution in [0.4, 0.5) is 0 Å². The van der Waals surface area contributed by atoms with Gasteiger partial charge < -0.3 is 19.6 Å². The van der Waals surface area contributed by atoms with E-state index in [4.69, 9.17) is 9.26 Å². The first-order valence-corrected chi connectivity index (χ1v) is 7.68. The molecule has 0 aliphatic carbocycles. The van der Waals surface area contributed by atoms with Gasteiger partial charge in [-0.05, 0) is 38.0 Å². The number of aromatic nitrogens is 3. The summed E-state index contributed by atoms with van der Waals surface area (Å²) in [5.41, 5.74) is 5.11. The maximum Gasteiger partial charge on any atom is 0.274 e. The van der Waals surface area contributed by atoms with Gasteiger partial charge in [0.15, 0.2) is 5.69 Å². The summed E-state index contributed by atoms with van der Waals surface area (Å²) in [6, 6.07) is 4.04. The molecule has 0 radical (unpaired) electrons. The van der Waals surface area contributed by atoms with Crippen molar-refractivity contribution in [2.75, 3.05) is 7.11 Å². The number of aromatic amines is 1. The van der Waals surface area contributed by atoms with Crippen molar-refractivity contribution in [3.05, 3.63) is 46.1 Å². The van der Waals surface area contributed by atoms with Crippen LogP contribution in [-0.2, 0) is 17.9 Å². The third kappa shape index (κ3) is 2.90. The third-order valence-electron chi connectivity index (χ3n) is 4.13. The Labute approximate surface area is 139 Å². The Balaban J connectivity index is 1.76. The van der Waals surface area contributed by atoms with Crippen LogP contribution < -0.4 is 5.32 Å². The number of aryl methyl sites for hydroxylation is 3. The molecule has 0 saturated heterocycles. The Morgan fingerprint density at radius 2 is 2.12 bits per heavy atom. The molecule has 3 aromatic rings. The standard InChI is InChI=1S/C17H20N4O3/c1-9-5-6-13-15(10(9)2)20-14(19-13)7-18-17(22)16-12(8-23-4)11(3)24-21-16/h5-6H,7-8H2,1-4H3,(H,18,22)(H,19,20). The first-order valence-electron chi connectivity index (χ1n) is 7.68. The van der Waals surface area contributed by atoms with Crippen molar-refractivity contribution in [3.8, 4) is 0 Å². The Morgan fingerprint density at radius 1 is 1.33 bits per heavy atom. The number of rotatable bonds is 5. The molecular weight excluding hydrogens is 308 g/mol. The molecule has 1 amide bonds. The third-order valence-corrected chi connectivity index (χ3v) is 4.13. The molecule has 0 fully saturated rings. The topological polar surface area (TPSA) is 93.0 Å². The lowest BCUT2D eigenvalue weighted by Crippen LogP contribution is -2.25. The van der Waals surface area contributed by atoms with E-state index in [1.54, 1.807) is 14.0 Å². The number of benzene rings is 1. The second-order valence-electron chi connectivity index (χ2n) is 5.77. The molecule has 0 unspecified atom stereocenters. The lowest BCUT2D eigenvalue weighted by molar-refractivity contribution is 0.0936. The van der Waals surface area contributed by atoms with E-state index in [1.807, 2.05) is 19.1 Å². The largest absolute Gasteiger partial charge is 0.380 e. The molecule has 0 saturated carbocycles. The van der Waals surface area contributed by atoms with Crippen molar-refractivity contribution in [1.29, 1.82) is 0 Å². The Bertz CT molecular complexity index is 895. The molecule has 0 spiro atoms. The minimum Gasteiger partial charge on any atom is -0.380 e. The van der Waals surface area contributed by atoms with E-state index in [1.165, 1.54) is 5.56 Å². The summed E-state index contributed by atoms with van der Waals surface area (Å²) in [7, 11) is 1.56. The van der Waals surface area contributed by atoms with Crippen molar-refractivity contribution in [1.82, 2.24) is 20.4 Å². The van der Waals surface area contributed by atoms with E-state index in [0.717, 1.165) is 16.6 Å². The fourth-order valence-corrected chi connectivity index (χ4v) is 2.58. The quantitative estimate of drug-likeness (QED) is 0.751. The van der Waals surface area contributed by atoms with Gasteiger partial charge in [0.1, 0.15) is 11.6 Å². The lowest BCUT2D eigenvalue weighted by atomic mass is 10.1. The lowest BCUT2D eigenvalue weighted by Gasteiger charge is -2.02. The number of fused-ring (bicyclic) bond motifs is 1. The van der Waals surface area contributed by atoms with Gasteiger partial charge in [0.25, 0.3) is 5.91 Å². The van der Waals surface area contributed by atoms with Gasteiger partial charge in [0, 0.05) is 7.11 Å². The van der Waals surface area contributed by atoms with E-state index in [-0.39, 0.29) is 24.8 Å². The summed E-state index contributed by atoms with van der Waals surface area (Å²) in [5, 5.41) is 6.63. The van der Waals surface area contributed by atoms with E-state index in [9.17, 15) is 4.79 Å². The van der Waals surface area contributed by atoms with Crippen LogP contribution in [0.1, 0.15) is 38.8 Å². The van der Waals surface area contributed by atoms with E-state index >= 15 is 0 Å². The SMILES string of the molecule is COCc1c(C(=O)NCc2nc3c(C)c(C)ccc3[nH]2)noc1C. The van der Waals surface area contributed by atoms with Crippen molar-refractivity contribution in [2.45, 2.75) is 33.9 Å². The van der Waals surface area contributed by atoms with E-state index in [0.29, 0.717) is 17.1 Å². The van der Waals surface area contributed by atoms with Crippen LogP contribution in [-0.4, -0.2) is 28.1 Å². The number of hydrogen-bond donors (Lipinski definition) is 2. The molecule has 0 aliphatic heterocycles. The highest BCUT2D eigenvalue weighted by Gasteiger charge is 2.19. The van der Waals surface area contributed by atoms with Crippen molar-refractivity contribution in [2.24, 2.45) is 0 Å². The summed E-state index contributed by atoms with van der Waals surface area (Å²) >= 11 is 0. The number of carbonyl (C=O) groups excluding carboxylic acids is 1. The summed E-state index contributed by atoms with van der Waals surface area (Å²) < 4.78 is 10.2. The molecule has 126 valence electrons. The second kappa shape index (κ2) is 6.45. The maximum atomic E-state index is 12.3. The van der Waals surface area contributed by atoms with Gasteiger partial charge in [-0.3, -0.25) is 4.79 Å². The highest BCUT2D eigenvalue weighted by Crippen LogP contribution is 2.19. The summed E-state index contributed by atoms with van der Waals surface area (Å²) in [6.45, 7) is 6.40. The number of amides is 1. The minimum atomic E-state index is -0.313. The Kier molecular flexibility index (Phi) is 4.35. The zero-order chi connectivity index (χ0) is 17.3. The average Bonchev–Trinajstić information content (AvgIpc) is 3.14. The number of nitrogens with zero attached hydrogens (tertiary/aromatic N) is 2. The maximum absolute atomic E-state index is 12.3. The number of methoxy groups -OCH3 is 1. The highest BCUT2D eigenvalue weighted by atomic mass is 16.5. The van der Waals surface area contributed by atoms with E-state index < -0.39 is 0 Å². The summed E-state index contributed by atoms with van der Waals surface area (Å²) in [4.78, 5) is 20.1. The smallest absolute Gasteiger partial charge is 0.274 e. The molecule has 0 atom stereocenters. The minimum absolute atomic E-state index is 0.248. The van der Waals surface area contributed by atoms with Crippen LogP contribution >= 0.6 is 0 Å². The van der Waals surface area contributed by atoms with Gasteiger partial charge in [-0.1, -0.05) is 11.2 Å². The Morgan fingerprint density at radius 3 is 2.88 bits per heavy atom. The monoisotopic (exact) mass is 328 g/mol. The number of imidazole rings is 1. The van der Waals surface area contributed by atoms with Crippen LogP contribution in [0.25, 0.3) is 11.0 Å². The van der Waals surface area contributed by atoms with Gasteiger partial charge >= 0.3 is 0 Å². The zero-order valence-corrected chi connectivity index (χ0v) is 14.2. The number of carbonyl (C=O) groups is 1. The number of hydrogen-bond acceptors (Lipinski definition) is 5. The molecule has 7 heteroatoms. The predicted molar refractivity (Wildman–Crippen MR) is 88.7 cm³/mol. The normalized spacial score (nSPS) is 11.2. The van der Waals surface area contributed by atoms with Gasteiger partial charge in [-0.25, -0.2) is 4.98 Å². The zero-order valence-electron chi connectivity index (χ0n) is 14.2. The average molecular weight is 328 g/mol. The summed E-state index contributed by atoms with van der Waals surface area (Å²) in [6.07, 6.45) is 0. The van der Waals surface area contributed by atoms with Crippen molar-refractivity contribution >= 4 is 16.9 Å². The van der Waals surface area contributed by atoms with Crippen LogP contribution in [0.2, 0.25) is 0 Å². The van der Waals surface area contributed by atoms with Crippen LogP contribution in [0, 0.1) is 20.8 Å². The molecular formula is C17H20N4O3. The number of H-pyrrole nitrogens is 1. The molecule has 2 aromatic heterocycles. The van der Waals surface area contributed by atoms with Gasteiger partial charge in [-0.15, -0.1) is 0 Å². The predicted octanol–water partition coefficient (Wildman–Crippen LogP) is 2.55. The number of ether oxygens (including phenoxy) is 1. The van der Waals surface area contributed by atoms with Gasteiger partial charge in [0.2, 0.25) is 0 Å². The molecule has 2 N–H and O–H groups in total. The van der Waals surface area contributed by atoms with Crippen LogP contribution in [0.15, 0.2) is 16.7 Å². The van der Waals surface area contributed by atoms with Crippen LogP contribution in [0.3, 0.4) is 0 Å². The van der Waals surface area contributed by atoms with Crippen molar-refractivity contribution < 1.29 is 14.1 Å². The fourth-order valence-electron chi connectivity index (χ4n) is 2.58. The first kappa shape index (κ1) is 16.2. The van der Waals surface area contributed by atoms with Gasteiger partial charge in [-0.2, -0.15) is 0 Å². The van der Waals surface area contributed by atoms with Crippen LogP contribution in [0.5, 0.6) is 0 Å². The van der Waals surface area contributed by atoms with Gasteiger partial charge in [0.05, 0.1) is 29.7 Å². The molecule has 0 aliphatic rings. The first-order chi connectivity index (χ1) is 11.5. The molecule has 0 bridgehead atoms. The molecule has 1 aromatic carbocycles. The fraction of sp³-hybridized carbons (Fsp3) is 0.353. The molecule has 3 rings (SSSR count). The Hall–Kier alpha value is -2.67. The molecule has 24 heavy (non-hydrogen) atoms. The number of nitrogens with one attached hydrogen (secondary N) is 2. The molecule has 7 nitrogen and oxygen atoms in total.